The summed E-state index contributed by atoms with van der Waals surface area (Å²) in [6.45, 7) is 5.42. The molecule has 32 heavy (non-hydrogen) atoms. The molecule has 6 heteroatoms. The summed E-state index contributed by atoms with van der Waals surface area (Å²) in [5, 5.41) is 2.02. The smallest absolute Gasteiger partial charge is 0.119 e. The van der Waals surface area contributed by atoms with E-state index in [0.717, 1.165) is 55.2 Å². The lowest BCUT2D eigenvalue weighted by Gasteiger charge is -2.19. The number of aromatic amines is 1. The monoisotopic (exact) mass is 471 g/mol. The largest absolute Gasteiger partial charge is 0.494 e. The molecule has 0 radical (unpaired) electrons. The number of halogens is 1. The Morgan fingerprint density at radius 3 is 2.62 bits per heavy atom. The first-order valence-corrected chi connectivity index (χ1v) is 13.1. The average molecular weight is 472 g/mol. The van der Waals surface area contributed by atoms with Gasteiger partial charge in [0.2, 0.25) is 0 Å². The van der Waals surface area contributed by atoms with E-state index in [9.17, 15) is 0 Å². The molecule has 1 saturated heterocycles. The number of H-pyrrole nitrogens is 1. The van der Waals surface area contributed by atoms with Crippen molar-refractivity contribution in [1.82, 2.24) is 14.6 Å². The minimum absolute atomic E-state index is 0.789. The Balaban J connectivity index is 1.10. The van der Waals surface area contributed by atoms with Crippen molar-refractivity contribution in [1.29, 1.82) is 0 Å². The second kappa shape index (κ2) is 12.5. The van der Waals surface area contributed by atoms with Crippen LogP contribution in [0.5, 0.6) is 5.75 Å². The van der Waals surface area contributed by atoms with Gasteiger partial charge in [-0.1, -0.05) is 24.4 Å². The Hall–Kier alpha value is -1.66. The summed E-state index contributed by atoms with van der Waals surface area (Å²) in [5.41, 5.74) is 2.47. The average Bonchev–Trinajstić information content (AvgIpc) is 3.02. The van der Waals surface area contributed by atoms with Crippen LogP contribution in [0, 0.1) is 0 Å². The van der Waals surface area contributed by atoms with Crippen molar-refractivity contribution in [2.24, 2.45) is 0 Å². The fraction of sp³-hybridized carbons (Fsp3) is 0.462. The number of nitrogens with one attached hydrogen (secondary N) is 2. The molecule has 0 saturated carbocycles. The fourth-order valence-electron chi connectivity index (χ4n) is 4.28. The van der Waals surface area contributed by atoms with Crippen LogP contribution in [0.1, 0.15) is 44.1 Å². The molecule has 0 unspecified atom stereocenters. The van der Waals surface area contributed by atoms with Crippen LogP contribution >= 0.6 is 23.5 Å². The van der Waals surface area contributed by atoms with Gasteiger partial charge in [-0.2, -0.15) is 0 Å². The summed E-state index contributed by atoms with van der Waals surface area (Å²) >= 11 is 7.82. The minimum Gasteiger partial charge on any atom is -0.494 e. The highest BCUT2D eigenvalue weighted by atomic mass is 35.5. The normalized spacial score (nSPS) is 15.2. The minimum atomic E-state index is 0.789. The summed E-state index contributed by atoms with van der Waals surface area (Å²) in [6.07, 6.45) is 10.8. The van der Waals surface area contributed by atoms with E-state index in [2.05, 4.69) is 45.1 Å². The SMILES string of the molecule is Clc1ccc2[nH]cc(CCCNSc3ccc(OCCCN4CCCCCC4)cc3)c2c1. The topological polar surface area (TPSA) is 40.3 Å². The number of rotatable bonds is 11. The molecule has 1 aliphatic heterocycles. The van der Waals surface area contributed by atoms with Crippen LogP contribution in [0.15, 0.2) is 53.6 Å². The molecular weight excluding hydrogens is 438 g/mol. The van der Waals surface area contributed by atoms with Crippen molar-refractivity contribution in [3.8, 4) is 5.75 Å². The van der Waals surface area contributed by atoms with Crippen molar-refractivity contribution >= 4 is 34.5 Å². The van der Waals surface area contributed by atoms with E-state index in [1.807, 2.05) is 18.2 Å². The van der Waals surface area contributed by atoms with Crippen LogP contribution in [0.3, 0.4) is 0 Å². The van der Waals surface area contributed by atoms with Crippen molar-refractivity contribution in [2.75, 3.05) is 32.8 Å². The zero-order chi connectivity index (χ0) is 22.0. The third kappa shape index (κ3) is 7.17. The van der Waals surface area contributed by atoms with Gasteiger partial charge in [0.05, 0.1) is 6.61 Å². The molecule has 0 atom stereocenters. The first-order valence-electron chi connectivity index (χ1n) is 11.9. The number of ether oxygens (including phenoxy) is 1. The zero-order valence-corrected chi connectivity index (χ0v) is 20.3. The number of hydrogen-bond donors (Lipinski definition) is 2. The van der Waals surface area contributed by atoms with Crippen LogP contribution in [0.4, 0.5) is 0 Å². The van der Waals surface area contributed by atoms with Gasteiger partial charge < -0.3 is 14.6 Å². The number of likely N-dealkylation sites (tertiary alicyclic amines) is 1. The summed E-state index contributed by atoms with van der Waals surface area (Å²) < 4.78 is 9.41. The highest BCUT2D eigenvalue weighted by Crippen LogP contribution is 2.24. The van der Waals surface area contributed by atoms with Gasteiger partial charge in [-0.15, -0.1) is 0 Å². The van der Waals surface area contributed by atoms with E-state index in [1.54, 1.807) is 11.9 Å². The van der Waals surface area contributed by atoms with Gasteiger partial charge in [-0.05, 0) is 105 Å². The maximum atomic E-state index is 6.14. The second-order valence-corrected chi connectivity index (χ2v) is 9.93. The van der Waals surface area contributed by atoms with Crippen LogP contribution < -0.4 is 9.46 Å². The fourth-order valence-corrected chi connectivity index (χ4v) is 5.14. The molecule has 3 aromatic rings. The maximum Gasteiger partial charge on any atom is 0.119 e. The van der Waals surface area contributed by atoms with Gasteiger partial charge in [-0.25, -0.2) is 0 Å². The Morgan fingerprint density at radius 2 is 1.81 bits per heavy atom. The molecule has 4 rings (SSSR count). The molecule has 172 valence electrons. The highest BCUT2D eigenvalue weighted by molar-refractivity contribution is 7.97. The van der Waals surface area contributed by atoms with Gasteiger partial charge in [0, 0.05) is 40.1 Å². The molecule has 0 spiro atoms. The van der Waals surface area contributed by atoms with Crippen molar-refractivity contribution in [3.63, 3.8) is 0 Å². The van der Waals surface area contributed by atoms with Crippen LogP contribution in [0.2, 0.25) is 5.02 Å². The summed E-state index contributed by atoms with van der Waals surface area (Å²) in [4.78, 5) is 7.13. The zero-order valence-electron chi connectivity index (χ0n) is 18.7. The molecule has 0 aliphatic carbocycles. The van der Waals surface area contributed by atoms with Crippen molar-refractivity contribution in [2.45, 2.75) is 49.8 Å². The van der Waals surface area contributed by atoms with Gasteiger partial charge in [0.1, 0.15) is 5.75 Å². The highest BCUT2D eigenvalue weighted by Gasteiger charge is 2.08. The molecule has 0 amide bonds. The van der Waals surface area contributed by atoms with Gasteiger partial charge in [0.25, 0.3) is 0 Å². The lowest BCUT2D eigenvalue weighted by Crippen LogP contribution is -2.26. The maximum absolute atomic E-state index is 6.14. The van der Waals surface area contributed by atoms with E-state index in [4.69, 9.17) is 16.3 Å². The molecule has 2 N–H and O–H groups in total. The number of hydrogen-bond acceptors (Lipinski definition) is 4. The summed E-state index contributed by atoms with van der Waals surface area (Å²) in [7, 11) is 0. The number of fused-ring (bicyclic) bond motifs is 1. The molecular formula is C26H34ClN3OS. The Labute approximate surface area is 201 Å². The van der Waals surface area contributed by atoms with E-state index in [1.165, 1.54) is 54.6 Å². The number of aryl methyl sites for hydroxylation is 1. The molecule has 1 aliphatic rings. The standard InChI is InChI=1S/C26H34ClN3OS/c27-22-8-13-26-25(19-22)21(20-28-26)7-5-14-29-32-24-11-9-23(10-12-24)31-18-6-17-30-15-3-1-2-4-16-30/h8-13,19-20,28-29H,1-7,14-18H2. The van der Waals surface area contributed by atoms with E-state index < -0.39 is 0 Å². The molecule has 2 heterocycles. The first kappa shape index (κ1) is 23.5. The molecule has 4 nitrogen and oxygen atoms in total. The molecule has 0 bridgehead atoms. The number of nitrogens with zero attached hydrogens (tertiary/aromatic N) is 1. The lowest BCUT2D eigenvalue weighted by atomic mass is 10.1. The predicted molar refractivity (Wildman–Crippen MR) is 137 cm³/mol. The summed E-state index contributed by atoms with van der Waals surface area (Å²) in [5.74, 6) is 0.961. The Kier molecular flexibility index (Phi) is 9.21. The van der Waals surface area contributed by atoms with E-state index >= 15 is 0 Å². The third-order valence-corrected chi connectivity index (χ3v) is 7.15. The van der Waals surface area contributed by atoms with Gasteiger partial charge >= 0.3 is 0 Å². The third-order valence-electron chi connectivity index (χ3n) is 6.05. The van der Waals surface area contributed by atoms with Crippen molar-refractivity contribution < 1.29 is 4.74 Å². The number of aromatic nitrogens is 1. The van der Waals surface area contributed by atoms with Crippen LogP contribution in [0.25, 0.3) is 10.9 Å². The Morgan fingerprint density at radius 1 is 1.00 bits per heavy atom. The first-order chi connectivity index (χ1) is 15.8. The molecule has 1 fully saturated rings. The van der Waals surface area contributed by atoms with Crippen LogP contribution in [-0.4, -0.2) is 42.7 Å². The molecule has 2 aromatic carbocycles. The Bertz CT molecular complexity index is 951. The van der Waals surface area contributed by atoms with E-state index in [0.29, 0.717) is 0 Å². The lowest BCUT2D eigenvalue weighted by molar-refractivity contribution is 0.240. The van der Waals surface area contributed by atoms with Crippen molar-refractivity contribution in [3.05, 3.63) is 59.2 Å². The molecule has 1 aromatic heterocycles. The predicted octanol–water partition coefficient (Wildman–Crippen LogP) is 6.70. The number of benzene rings is 2. The van der Waals surface area contributed by atoms with E-state index in [-0.39, 0.29) is 0 Å². The second-order valence-electron chi connectivity index (χ2n) is 8.53. The summed E-state index contributed by atoms with van der Waals surface area (Å²) in [6, 6.07) is 14.4. The van der Waals surface area contributed by atoms with Gasteiger partial charge in [0.15, 0.2) is 0 Å². The van der Waals surface area contributed by atoms with Gasteiger partial charge in [-0.3, -0.25) is 4.72 Å². The van der Waals surface area contributed by atoms with Crippen LogP contribution in [-0.2, 0) is 6.42 Å². The quantitative estimate of drug-likeness (QED) is 0.241.